The van der Waals surface area contributed by atoms with Gasteiger partial charge in [-0.15, -0.1) is 0 Å². The lowest BCUT2D eigenvalue weighted by Crippen LogP contribution is -2.38. The average Bonchev–Trinajstić information content (AvgIpc) is 3.11. The molecule has 1 amide bonds. The molecule has 6 nitrogen and oxygen atoms in total. The van der Waals surface area contributed by atoms with E-state index in [4.69, 9.17) is 19.9 Å². The molecule has 1 aliphatic rings. The van der Waals surface area contributed by atoms with E-state index in [0.29, 0.717) is 29.4 Å². The highest BCUT2D eigenvalue weighted by atomic mass is 19.2. The first-order valence-corrected chi connectivity index (χ1v) is 7.96. The van der Waals surface area contributed by atoms with Crippen LogP contribution in [0.5, 0.6) is 17.2 Å². The molecule has 3 N–H and O–H groups in total. The lowest BCUT2D eigenvalue weighted by Gasteiger charge is -2.14. The van der Waals surface area contributed by atoms with Crippen molar-refractivity contribution in [2.24, 2.45) is 5.73 Å². The Morgan fingerprint density at radius 3 is 2.73 bits per heavy atom. The van der Waals surface area contributed by atoms with Crippen LogP contribution in [0.3, 0.4) is 0 Å². The molecule has 0 bridgehead atoms. The third-order valence-electron chi connectivity index (χ3n) is 3.97. The van der Waals surface area contributed by atoms with Crippen molar-refractivity contribution in [2.75, 3.05) is 6.79 Å². The fourth-order valence-electron chi connectivity index (χ4n) is 2.43. The van der Waals surface area contributed by atoms with Gasteiger partial charge in [0.15, 0.2) is 23.1 Å². The Kier molecular flexibility index (Phi) is 5.22. The van der Waals surface area contributed by atoms with Crippen molar-refractivity contribution < 1.29 is 27.8 Å². The van der Waals surface area contributed by atoms with Crippen LogP contribution in [-0.4, -0.2) is 18.7 Å². The van der Waals surface area contributed by atoms with E-state index in [1.807, 2.05) is 0 Å². The molecule has 0 radical (unpaired) electrons. The third-order valence-corrected chi connectivity index (χ3v) is 3.97. The summed E-state index contributed by atoms with van der Waals surface area (Å²) >= 11 is 0. The molecular formula is C18H18F2N2O4. The Hall–Kier alpha value is -2.87. The van der Waals surface area contributed by atoms with Crippen molar-refractivity contribution in [1.29, 1.82) is 0 Å². The molecule has 3 rings (SSSR count). The van der Waals surface area contributed by atoms with E-state index in [9.17, 15) is 13.6 Å². The van der Waals surface area contributed by atoms with Crippen molar-refractivity contribution in [3.8, 4) is 17.2 Å². The van der Waals surface area contributed by atoms with Crippen molar-refractivity contribution in [3.05, 3.63) is 53.1 Å². The Bertz CT molecular complexity index is 829. The van der Waals surface area contributed by atoms with E-state index in [0.717, 1.165) is 17.7 Å². The molecule has 1 unspecified atom stereocenters. The van der Waals surface area contributed by atoms with Gasteiger partial charge >= 0.3 is 0 Å². The summed E-state index contributed by atoms with van der Waals surface area (Å²) < 4.78 is 42.8. The first-order chi connectivity index (χ1) is 12.5. The number of benzene rings is 2. The standard InChI is InChI=1S/C18H18F2N2O4/c1-10(18(21)23)22-7-12-3-5-15(17-16(12)25-9-26-17)24-8-11-2-4-13(19)14(20)6-11/h2-6,10,22H,7-9H2,1H3,(H2,21,23). The monoisotopic (exact) mass is 364 g/mol. The summed E-state index contributed by atoms with van der Waals surface area (Å²) in [6.45, 7) is 2.11. The van der Waals surface area contributed by atoms with Gasteiger partial charge in [0.1, 0.15) is 6.61 Å². The lowest BCUT2D eigenvalue weighted by molar-refractivity contribution is -0.119. The molecule has 0 saturated heterocycles. The van der Waals surface area contributed by atoms with Gasteiger partial charge in [0.05, 0.1) is 6.04 Å². The molecule has 1 atom stereocenters. The van der Waals surface area contributed by atoms with Crippen LogP contribution in [0.25, 0.3) is 0 Å². The predicted molar refractivity (Wildman–Crippen MR) is 88.8 cm³/mol. The minimum Gasteiger partial charge on any atom is -0.485 e. The second-order valence-electron chi connectivity index (χ2n) is 5.83. The maximum Gasteiger partial charge on any atom is 0.234 e. The number of fused-ring (bicyclic) bond motifs is 1. The van der Waals surface area contributed by atoms with Gasteiger partial charge in [-0.05, 0) is 30.7 Å². The normalized spacial score (nSPS) is 13.5. The number of hydrogen-bond donors (Lipinski definition) is 2. The first-order valence-electron chi connectivity index (χ1n) is 7.96. The number of halogens is 2. The van der Waals surface area contributed by atoms with Gasteiger partial charge in [-0.2, -0.15) is 0 Å². The summed E-state index contributed by atoms with van der Waals surface area (Å²) in [7, 11) is 0. The van der Waals surface area contributed by atoms with Gasteiger partial charge in [0, 0.05) is 12.1 Å². The molecular weight excluding hydrogens is 346 g/mol. The Morgan fingerprint density at radius 2 is 2.00 bits per heavy atom. The van der Waals surface area contributed by atoms with E-state index < -0.39 is 23.6 Å². The second-order valence-corrected chi connectivity index (χ2v) is 5.83. The van der Waals surface area contributed by atoms with E-state index in [1.165, 1.54) is 6.07 Å². The van der Waals surface area contributed by atoms with Gasteiger partial charge in [0.25, 0.3) is 0 Å². The maximum atomic E-state index is 13.3. The van der Waals surface area contributed by atoms with Crippen LogP contribution in [-0.2, 0) is 17.9 Å². The smallest absolute Gasteiger partial charge is 0.234 e. The molecule has 1 aliphatic heterocycles. The molecule has 0 fully saturated rings. The largest absolute Gasteiger partial charge is 0.485 e. The minimum atomic E-state index is -0.930. The SMILES string of the molecule is CC(NCc1ccc(OCc2ccc(F)c(F)c2)c2c1OCO2)C(N)=O. The highest BCUT2D eigenvalue weighted by Crippen LogP contribution is 2.43. The zero-order valence-corrected chi connectivity index (χ0v) is 14.1. The number of carbonyl (C=O) groups is 1. The Labute approximate surface area is 148 Å². The van der Waals surface area contributed by atoms with Crippen molar-refractivity contribution in [3.63, 3.8) is 0 Å². The number of primary amides is 1. The summed E-state index contributed by atoms with van der Waals surface area (Å²) in [5.74, 6) is -0.927. The van der Waals surface area contributed by atoms with Crippen molar-refractivity contribution >= 4 is 5.91 Å². The molecule has 0 aromatic heterocycles. The number of nitrogens with one attached hydrogen (secondary N) is 1. The fourth-order valence-corrected chi connectivity index (χ4v) is 2.43. The molecule has 2 aromatic rings. The van der Waals surface area contributed by atoms with Crippen LogP contribution in [0.2, 0.25) is 0 Å². The highest BCUT2D eigenvalue weighted by Gasteiger charge is 2.23. The van der Waals surface area contributed by atoms with Gasteiger partial charge < -0.3 is 25.3 Å². The number of carbonyl (C=O) groups excluding carboxylic acids is 1. The Balaban J connectivity index is 1.72. The Morgan fingerprint density at radius 1 is 1.23 bits per heavy atom. The van der Waals surface area contributed by atoms with Crippen molar-refractivity contribution in [2.45, 2.75) is 26.1 Å². The highest BCUT2D eigenvalue weighted by molar-refractivity contribution is 5.79. The van der Waals surface area contributed by atoms with Crippen LogP contribution in [0.1, 0.15) is 18.1 Å². The first kappa shape index (κ1) is 17.9. The summed E-state index contributed by atoms with van der Waals surface area (Å²) in [5, 5.41) is 2.99. The van der Waals surface area contributed by atoms with Gasteiger partial charge in [0.2, 0.25) is 18.4 Å². The number of rotatable bonds is 7. The molecule has 138 valence electrons. The molecule has 0 saturated carbocycles. The number of hydrogen-bond acceptors (Lipinski definition) is 5. The van der Waals surface area contributed by atoms with Crippen LogP contribution in [0.4, 0.5) is 8.78 Å². The summed E-state index contributed by atoms with van der Waals surface area (Å²) in [4.78, 5) is 11.1. The van der Waals surface area contributed by atoms with Crippen molar-refractivity contribution in [1.82, 2.24) is 5.32 Å². The van der Waals surface area contributed by atoms with E-state index in [-0.39, 0.29) is 13.4 Å². The minimum absolute atomic E-state index is 0.0409. The number of amides is 1. The van der Waals surface area contributed by atoms with Gasteiger partial charge in [-0.25, -0.2) is 8.78 Å². The quantitative estimate of drug-likeness (QED) is 0.787. The number of ether oxygens (including phenoxy) is 3. The average molecular weight is 364 g/mol. The molecule has 0 spiro atoms. The topological polar surface area (TPSA) is 82.8 Å². The lowest BCUT2D eigenvalue weighted by atomic mass is 10.1. The predicted octanol–water partition coefficient (Wildman–Crippen LogP) is 2.24. The van der Waals surface area contributed by atoms with Crippen LogP contribution in [0.15, 0.2) is 30.3 Å². The number of nitrogens with two attached hydrogens (primary N) is 1. The summed E-state index contributed by atoms with van der Waals surface area (Å²) in [5.41, 5.74) is 6.49. The maximum absolute atomic E-state index is 13.3. The molecule has 8 heteroatoms. The third kappa shape index (κ3) is 3.85. The molecule has 1 heterocycles. The molecule has 26 heavy (non-hydrogen) atoms. The zero-order chi connectivity index (χ0) is 18.7. The molecule has 2 aromatic carbocycles. The van der Waals surface area contributed by atoms with E-state index in [2.05, 4.69) is 5.32 Å². The summed E-state index contributed by atoms with van der Waals surface area (Å²) in [6.07, 6.45) is 0. The zero-order valence-electron chi connectivity index (χ0n) is 14.1. The van der Waals surface area contributed by atoms with Crippen LogP contribution in [0, 0.1) is 11.6 Å². The van der Waals surface area contributed by atoms with Crippen LogP contribution >= 0.6 is 0 Å². The molecule has 0 aliphatic carbocycles. The van der Waals surface area contributed by atoms with E-state index in [1.54, 1.807) is 19.1 Å². The summed E-state index contributed by atoms with van der Waals surface area (Å²) in [6, 6.07) is 6.55. The van der Waals surface area contributed by atoms with Crippen LogP contribution < -0.4 is 25.3 Å². The van der Waals surface area contributed by atoms with E-state index >= 15 is 0 Å². The fraction of sp³-hybridized carbons (Fsp3) is 0.278. The van der Waals surface area contributed by atoms with Gasteiger partial charge in [-0.3, -0.25) is 4.79 Å². The van der Waals surface area contributed by atoms with Gasteiger partial charge in [-0.1, -0.05) is 12.1 Å². The second kappa shape index (κ2) is 7.57.